The minimum Gasteiger partial charge on any atom is -0.481 e. The molecule has 1 fully saturated rings. The molecule has 1 unspecified atom stereocenters. The van der Waals surface area contributed by atoms with Crippen molar-refractivity contribution in [1.82, 2.24) is 4.90 Å². The highest BCUT2D eigenvalue weighted by molar-refractivity contribution is 5.67. The Kier molecular flexibility index (Phi) is 5.40. The van der Waals surface area contributed by atoms with Gasteiger partial charge in [0.15, 0.2) is 0 Å². The zero-order chi connectivity index (χ0) is 12.9. The number of carboxylic acids is 1. The largest absolute Gasteiger partial charge is 0.481 e. The van der Waals surface area contributed by atoms with E-state index in [0.29, 0.717) is 0 Å². The molecule has 17 heavy (non-hydrogen) atoms. The van der Waals surface area contributed by atoms with Gasteiger partial charge in [0.05, 0.1) is 12.0 Å². The molecule has 4 heteroatoms. The van der Waals surface area contributed by atoms with Crippen LogP contribution in [-0.4, -0.2) is 47.8 Å². The van der Waals surface area contributed by atoms with Crippen LogP contribution in [0.4, 0.5) is 0 Å². The summed E-state index contributed by atoms with van der Waals surface area (Å²) in [5.74, 6) is -0.687. The Balaban J connectivity index is 2.45. The molecule has 100 valence electrons. The van der Waals surface area contributed by atoms with E-state index in [1.54, 1.807) is 7.11 Å². The lowest BCUT2D eigenvalue weighted by atomic mass is 9.97. The van der Waals surface area contributed by atoms with Gasteiger partial charge in [-0.3, -0.25) is 9.69 Å². The maximum atomic E-state index is 10.8. The van der Waals surface area contributed by atoms with Crippen LogP contribution in [0, 0.1) is 0 Å². The van der Waals surface area contributed by atoms with E-state index in [2.05, 4.69) is 18.7 Å². The summed E-state index contributed by atoms with van der Waals surface area (Å²) in [5, 5.41) is 8.91. The van der Waals surface area contributed by atoms with E-state index in [9.17, 15) is 4.79 Å². The molecule has 0 amide bonds. The fraction of sp³-hybridized carbons (Fsp3) is 0.923. The number of piperidine rings is 1. The topological polar surface area (TPSA) is 49.8 Å². The summed E-state index contributed by atoms with van der Waals surface area (Å²) in [6.07, 6.45) is 4.57. The van der Waals surface area contributed by atoms with Crippen molar-refractivity contribution in [3.63, 3.8) is 0 Å². The highest BCUT2D eigenvalue weighted by Gasteiger charge is 2.26. The van der Waals surface area contributed by atoms with Crippen LogP contribution in [-0.2, 0) is 9.53 Å². The Hall–Kier alpha value is -0.610. The minimum atomic E-state index is -0.687. The van der Waals surface area contributed by atoms with Gasteiger partial charge in [-0.2, -0.15) is 0 Å². The Morgan fingerprint density at radius 3 is 2.76 bits per heavy atom. The van der Waals surface area contributed by atoms with Gasteiger partial charge >= 0.3 is 5.97 Å². The number of hydrogen-bond acceptors (Lipinski definition) is 3. The third-order valence-corrected chi connectivity index (χ3v) is 3.71. The molecule has 0 saturated carbocycles. The first-order valence-corrected chi connectivity index (χ1v) is 6.45. The third-order valence-electron chi connectivity index (χ3n) is 3.71. The number of nitrogens with zero attached hydrogens (tertiary/aromatic N) is 1. The number of aliphatic carboxylic acids is 1. The number of rotatable bonds is 6. The molecule has 1 rings (SSSR count). The second-order valence-corrected chi connectivity index (χ2v) is 5.50. The van der Waals surface area contributed by atoms with E-state index in [0.717, 1.165) is 32.4 Å². The van der Waals surface area contributed by atoms with Crippen molar-refractivity contribution in [2.75, 3.05) is 20.2 Å². The maximum absolute atomic E-state index is 10.8. The smallest absolute Gasteiger partial charge is 0.304 e. The number of methoxy groups -OCH3 is 1. The summed E-state index contributed by atoms with van der Waals surface area (Å²) < 4.78 is 5.40. The summed E-state index contributed by atoms with van der Waals surface area (Å²) in [7, 11) is 1.73. The summed E-state index contributed by atoms with van der Waals surface area (Å²) in [4.78, 5) is 13.1. The SMILES string of the molecule is COC(C)(C)CCN1CCCCC1CC(=O)O. The molecule has 1 heterocycles. The molecule has 1 saturated heterocycles. The van der Waals surface area contributed by atoms with Crippen LogP contribution in [0.3, 0.4) is 0 Å². The molecule has 1 atom stereocenters. The van der Waals surface area contributed by atoms with Crippen molar-refractivity contribution in [2.45, 2.75) is 57.6 Å². The van der Waals surface area contributed by atoms with Gasteiger partial charge in [-0.25, -0.2) is 0 Å². The summed E-state index contributed by atoms with van der Waals surface area (Å²) in [6.45, 7) is 6.10. The van der Waals surface area contributed by atoms with Gasteiger partial charge in [-0.15, -0.1) is 0 Å². The van der Waals surface area contributed by atoms with Gasteiger partial charge in [0, 0.05) is 19.7 Å². The molecule has 1 aliphatic heterocycles. The molecule has 0 aromatic carbocycles. The molecule has 0 aliphatic carbocycles. The predicted molar refractivity (Wildman–Crippen MR) is 67.2 cm³/mol. The van der Waals surface area contributed by atoms with E-state index >= 15 is 0 Å². The first kappa shape index (κ1) is 14.5. The quantitative estimate of drug-likeness (QED) is 0.776. The van der Waals surface area contributed by atoms with Crippen molar-refractivity contribution in [3.8, 4) is 0 Å². The molecule has 1 aliphatic rings. The van der Waals surface area contributed by atoms with Crippen LogP contribution in [0.2, 0.25) is 0 Å². The van der Waals surface area contributed by atoms with Gasteiger partial charge in [0.1, 0.15) is 0 Å². The van der Waals surface area contributed by atoms with Gasteiger partial charge in [-0.1, -0.05) is 6.42 Å². The first-order valence-electron chi connectivity index (χ1n) is 6.45. The van der Waals surface area contributed by atoms with Crippen LogP contribution in [0.5, 0.6) is 0 Å². The third kappa shape index (κ3) is 5.04. The van der Waals surface area contributed by atoms with Crippen LogP contribution in [0.25, 0.3) is 0 Å². The number of carboxylic acid groups (broad SMARTS) is 1. The van der Waals surface area contributed by atoms with E-state index in [1.807, 2.05) is 0 Å². The number of likely N-dealkylation sites (tertiary alicyclic amines) is 1. The van der Waals surface area contributed by atoms with Crippen molar-refractivity contribution >= 4 is 5.97 Å². The minimum absolute atomic E-state index is 0.120. The molecule has 1 N–H and O–H groups in total. The van der Waals surface area contributed by atoms with Crippen molar-refractivity contribution in [3.05, 3.63) is 0 Å². The number of carbonyl (C=O) groups is 1. The van der Waals surface area contributed by atoms with Gasteiger partial charge < -0.3 is 9.84 Å². The van der Waals surface area contributed by atoms with Crippen molar-refractivity contribution < 1.29 is 14.6 Å². The van der Waals surface area contributed by atoms with Gasteiger partial charge in [0.2, 0.25) is 0 Å². The molecule has 4 nitrogen and oxygen atoms in total. The average Bonchev–Trinajstić information content (AvgIpc) is 2.27. The van der Waals surface area contributed by atoms with Crippen LogP contribution >= 0.6 is 0 Å². The van der Waals surface area contributed by atoms with Gasteiger partial charge in [0.25, 0.3) is 0 Å². The van der Waals surface area contributed by atoms with E-state index in [4.69, 9.17) is 9.84 Å². The lowest BCUT2D eigenvalue weighted by Gasteiger charge is -2.36. The fourth-order valence-electron chi connectivity index (χ4n) is 2.30. The zero-order valence-corrected chi connectivity index (χ0v) is 11.2. The molecule has 0 aromatic rings. The molecular formula is C13H25NO3. The lowest BCUT2D eigenvalue weighted by molar-refractivity contribution is -0.138. The van der Waals surface area contributed by atoms with Gasteiger partial charge in [-0.05, 0) is 39.7 Å². The maximum Gasteiger partial charge on any atom is 0.304 e. The van der Waals surface area contributed by atoms with Crippen LogP contribution < -0.4 is 0 Å². The second kappa shape index (κ2) is 6.36. The zero-order valence-electron chi connectivity index (χ0n) is 11.2. The number of ether oxygens (including phenoxy) is 1. The highest BCUT2D eigenvalue weighted by atomic mass is 16.5. The van der Waals surface area contributed by atoms with E-state index in [1.165, 1.54) is 6.42 Å². The monoisotopic (exact) mass is 243 g/mol. The Morgan fingerprint density at radius 2 is 2.18 bits per heavy atom. The van der Waals surface area contributed by atoms with Crippen LogP contribution in [0.1, 0.15) is 46.0 Å². The molecule has 0 spiro atoms. The average molecular weight is 243 g/mol. The molecule has 0 radical (unpaired) electrons. The number of hydrogen-bond donors (Lipinski definition) is 1. The molecular weight excluding hydrogens is 218 g/mol. The molecule has 0 bridgehead atoms. The Labute approximate surface area is 104 Å². The fourth-order valence-corrected chi connectivity index (χ4v) is 2.30. The van der Waals surface area contributed by atoms with Crippen LogP contribution in [0.15, 0.2) is 0 Å². The molecule has 0 aromatic heterocycles. The summed E-state index contributed by atoms with van der Waals surface area (Å²) in [6, 6.07) is 0.217. The highest BCUT2D eigenvalue weighted by Crippen LogP contribution is 2.22. The predicted octanol–water partition coefficient (Wildman–Crippen LogP) is 2.13. The van der Waals surface area contributed by atoms with Crippen molar-refractivity contribution in [1.29, 1.82) is 0 Å². The summed E-state index contributed by atoms with van der Waals surface area (Å²) >= 11 is 0. The second-order valence-electron chi connectivity index (χ2n) is 5.50. The van der Waals surface area contributed by atoms with E-state index in [-0.39, 0.29) is 18.1 Å². The standard InChI is InChI=1S/C13H25NO3/c1-13(2,17-3)7-9-14-8-5-4-6-11(14)10-12(15)16/h11H,4-10H2,1-3H3,(H,15,16). The Bertz CT molecular complexity index is 253. The lowest BCUT2D eigenvalue weighted by Crippen LogP contribution is -2.43. The van der Waals surface area contributed by atoms with Crippen molar-refractivity contribution in [2.24, 2.45) is 0 Å². The normalized spacial score (nSPS) is 22.6. The van der Waals surface area contributed by atoms with E-state index < -0.39 is 5.97 Å². The first-order chi connectivity index (χ1) is 7.94. The Morgan fingerprint density at radius 1 is 1.47 bits per heavy atom. The summed E-state index contributed by atoms with van der Waals surface area (Å²) in [5.41, 5.74) is -0.120.